The van der Waals surface area contributed by atoms with Crippen LogP contribution in [-0.4, -0.2) is 44.3 Å². The minimum Gasteiger partial charge on any atom is -0.338 e. The number of amides is 3. The summed E-state index contributed by atoms with van der Waals surface area (Å²) in [5.74, 6) is 1.08. The molecular weight excluding hydrogens is 396 g/mol. The molecule has 3 amide bonds. The van der Waals surface area contributed by atoms with Crippen LogP contribution >= 0.6 is 0 Å². The fourth-order valence-corrected chi connectivity index (χ4v) is 4.20. The maximum absolute atomic E-state index is 12.3. The van der Waals surface area contributed by atoms with Crippen molar-refractivity contribution in [3.05, 3.63) is 51.7 Å². The van der Waals surface area contributed by atoms with Crippen molar-refractivity contribution < 1.29 is 9.59 Å². The van der Waals surface area contributed by atoms with Gasteiger partial charge in [-0.1, -0.05) is 24.3 Å². The average molecular weight is 427 g/mol. The highest BCUT2D eigenvalue weighted by Gasteiger charge is 2.20. The van der Waals surface area contributed by atoms with Crippen molar-refractivity contribution in [2.24, 2.45) is 0 Å². The van der Waals surface area contributed by atoms with Gasteiger partial charge in [-0.2, -0.15) is 5.10 Å². The molecule has 1 saturated heterocycles. The van der Waals surface area contributed by atoms with E-state index in [0.717, 1.165) is 55.7 Å². The molecule has 0 unspecified atom stereocenters. The second-order valence-electron chi connectivity index (χ2n) is 8.23. The van der Waals surface area contributed by atoms with Crippen LogP contribution in [0.1, 0.15) is 49.1 Å². The van der Waals surface area contributed by atoms with Crippen molar-refractivity contribution in [2.75, 3.05) is 13.1 Å². The van der Waals surface area contributed by atoms with Gasteiger partial charge in [-0.25, -0.2) is 14.3 Å². The number of nitrogens with zero attached hydrogens (tertiary/aromatic N) is 4. The monoisotopic (exact) mass is 426 g/mol. The van der Waals surface area contributed by atoms with E-state index in [1.807, 2.05) is 29.2 Å². The Morgan fingerprint density at radius 1 is 1.03 bits per heavy atom. The molecule has 9 heteroatoms. The minimum absolute atomic E-state index is 0.0466. The number of hydrogen-bond acceptors (Lipinski definition) is 4. The molecule has 2 aromatic rings. The van der Waals surface area contributed by atoms with Gasteiger partial charge in [0.1, 0.15) is 5.82 Å². The van der Waals surface area contributed by atoms with Crippen LogP contribution in [0.15, 0.2) is 29.1 Å². The average Bonchev–Trinajstić information content (AvgIpc) is 3.33. The van der Waals surface area contributed by atoms with Crippen LogP contribution < -0.4 is 16.3 Å². The molecule has 2 aliphatic heterocycles. The summed E-state index contributed by atoms with van der Waals surface area (Å²) in [5.41, 5.74) is 2.02. The molecule has 3 heterocycles. The molecule has 2 aliphatic rings. The van der Waals surface area contributed by atoms with E-state index in [1.165, 1.54) is 4.68 Å². The summed E-state index contributed by atoms with van der Waals surface area (Å²) >= 11 is 0. The van der Waals surface area contributed by atoms with Crippen LogP contribution in [-0.2, 0) is 37.4 Å². The third-order valence-electron chi connectivity index (χ3n) is 5.85. The van der Waals surface area contributed by atoms with Gasteiger partial charge in [-0.15, -0.1) is 0 Å². The molecule has 31 heavy (non-hydrogen) atoms. The normalized spacial score (nSPS) is 15.7. The fraction of sp³-hybridized carbons (Fsp3) is 0.545. The molecule has 0 bridgehead atoms. The lowest BCUT2D eigenvalue weighted by Crippen LogP contribution is -2.36. The molecule has 0 radical (unpaired) electrons. The van der Waals surface area contributed by atoms with E-state index in [1.54, 1.807) is 4.57 Å². The van der Waals surface area contributed by atoms with E-state index < -0.39 is 0 Å². The zero-order valence-electron chi connectivity index (χ0n) is 17.8. The van der Waals surface area contributed by atoms with Crippen molar-refractivity contribution >= 4 is 11.9 Å². The third-order valence-corrected chi connectivity index (χ3v) is 5.85. The summed E-state index contributed by atoms with van der Waals surface area (Å²) in [5, 5.41) is 10.1. The van der Waals surface area contributed by atoms with Gasteiger partial charge in [0, 0.05) is 52.1 Å². The maximum Gasteiger partial charge on any atom is 0.345 e. The fourth-order valence-electron chi connectivity index (χ4n) is 4.20. The topological polar surface area (TPSA) is 101 Å². The van der Waals surface area contributed by atoms with Gasteiger partial charge in [0.25, 0.3) is 0 Å². The van der Waals surface area contributed by atoms with E-state index >= 15 is 0 Å². The first-order valence-corrected chi connectivity index (χ1v) is 11.1. The van der Waals surface area contributed by atoms with Gasteiger partial charge in [-0.3, -0.25) is 9.36 Å². The largest absolute Gasteiger partial charge is 0.345 e. The Morgan fingerprint density at radius 3 is 2.71 bits per heavy atom. The minimum atomic E-state index is -0.239. The van der Waals surface area contributed by atoms with Crippen LogP contribution in [0, 0.1) is 0 Å². The van der Waals surface area contributed by atoms with Crippen molar-refractivity contribution in [3.8, 4) is 0 Å². The number of urea groups is 1. The quantitative estimate of drug-likeness (QED) is 0.623. The number of carbonyl (C=O) groups is 2. The van der Waals surface area contributed by atoms with E-state index in [2.05, 4.69) is 15.7 Å². The molecule has 4 rings (SSSR count). The molecule has 0 atom stereocenters. The summed E-state index contributed by atoms with van der Waals surface area (Å²) in [6.07, 6.45) is 5.18. The van der Waals surface area contributed by atoms with E-state index in [4.69, 9.17) is 0 Å². The second-order valence-corrected chi connectivity index (χ2v) is 8.23. The predicted octanol–water partition coefficient (Wildman–Crippen LogP) is 1.39. The Bertz CT molecular complexity index is 995. The summed E-state index contributed by atoms with van der Waals surface area (Å²) in [7, 11) is 0. The summed E-state index contributed by atoms with van der Waals surface area (Å²) in [6, 6.07) is 7.70. The van der Waals surface area contributed by atoms with Crippen LogP contribution in [0.5, 0.6) is 0 Å². The van der Waals surface area contributed by atoms with Crippen molar-refractivity contribution in [2.45, 2.75) is 64.7 Å². The Labute approximate surface area is 181 Å². The van der Waals surface area contributed by atoms with Gasteiger partial charge in [0.2, 0.25) is 5.91 Å². The molecule has 166 valence electrons. The number of aryl methyl sites for hydroxylation is 2. The Morgan fingerprint density at radius 2 is 1.90 bits per heavy atom. The van der Waals surface area contributed by atoms with Crippen molar-refractivity contribution in [1.29, 1.82) is 0 Å². The van der Waals surface area contributed by atoms with E-state index in [9.17, 15) is 14.4 Å². The molecule has 0 spiro atoms. The Kier molecular flexibility index (Phi) is 6.69. The highest BCUT2D eigenvalue weighted by Crippen LogP contribution is 2.15. The molecule has 2 N–H and O–H groups in total. The van der Waals surface area contributed by atoms with Gasteiger partial charge >= 0.3 is 11.7 Å². The first kappa shape index (κ1) is 21.1. The van der Waals surface area contributed by atoms with Crippen LogP contribution in [0.25, 0.3) is 0 Å². The van der Waals surface area contributed by atoms with Crippen LogP contribution in [0.3, 0.4) is 0 Å². The van der Waals surface area contributed by atoms with Gasteiger partial charge in [0.05, 0.1) is 0 Å². The standard InChI is InChI=1S/C22H30N6O3/c29-20-9-4-11-26(20)16-18-7-3-6-17(14-18)15-24-21(30)23-10-5-13-28-22(31)27-12-2-1-8-19(27)25-28/h3,6-7,14H,1-2,4-5,8-13,15-16H2,(H2,23,24,30). The van der Waals surface area contributed by atoms with E-state index in [-0.39, 0.29) is 17.6 Å². The summed E-state index contributed by atoms with van der Waals surface area (Å²) in [4.78, 5) is 38.1. The molecular formula is C22H30N6O3. The lowest BCUT2D eigenvalue weighted by molar-refractivity contribution is -0.128. The number of rotatable bonds is 8. The Hall–Kier alpha value is -3.10. The van der Waals surface area contributed by atoms with Gasteiger partial charge in [-0.05, 0) is 36.8 Å². The number of aromatic nitrogens is 3. The zero-order valence-corrected chi connectivity index (χ0v) is 17.8. The van der Waals surface area contributed by atoms with E-state index in [0.29, 0.717) is 39.0 Å². The van der Waals surface area contributed by atoms with Crippen molar-refractivity contribution in [1.82, 2.24) is 29.9 Å². The first-order valence-electron chi connectivity index (χ1n) is 11.1. The van der Waals surface area contributed by atoms with Crippen LogP contribution in [0.4, 0.5) is 4.79 Å². The molecule has 9 nitrogen and oxygen atoms in total. The van der Waals surface area contributed by atoms with Gasteiger partial charge < -0.3 is 15.5 Å². The number of hydrogen-bond donors (Lipinski definition) is 2. The number of likely N-dealkylation sites (tertiary alicyclic amines) is 1. The zero-order chi connectivity index (χ0) is 21.6. The molecule has 1 aromatic heterocycles. The first-order chi connectivity index (χ1) is 15.1. The SMILES string of the molecule is O=C(NCCCn1nc2n(c1=O)CCCC2)NCc1cccc(CN2CCCC2=O)c1. The van der Waals surface area contributed by atoms with Crippen molar-refractivity contribution in [3.63, 3.8) is 0 Å². The predicted molar refractivity (Wildman–Crippen MR) is 115 cm³/mol. The lowest BCUT2D eigenvalue weighted by atomic mass is 10.1. The second kappa shape index (κ2) is 9.80. The molecule has 0 saturated carbocycles. The maximum atomic E-state index is 12.3. The highest BCUT2D eigenvalue weighted by atomic mass is 16.2. The molecule has 1 fully saturated rings. The Balaban J connectivity index is 1.18. The summed E-state index contributed by atoms with van der Waals surface area (Å²) in [6.45, 7) is 3.58. The number of fused-ring (bicyclic) bond motifs is 1. The van der Waals surface area contributed by atoms with Gasteiger partial charge in [0.15, 0.2) is 0 Å². The lowest BCUT2D eigenvalue weighted by Gasteiger charge is -2.16. The number of nitrogens with one attached hydrogen (secondary N) is 2. The highest BCUT2D eigenvalue weighted by molar-refractivity contribution is 5.78. The third kappa shape index (κ3) is 5.34. The molecule has 0 aliphatic carbocycles. The summed E-state index contributed by atoms with van der Waals surface area (Å²) < 4.78 is 3.27. The van der Waals surface area contributed by atoms with Crippen LogP contribution in [0.2, 0.25) is 0 Å². The smallest absolute Gasteiger partial charge is 0.338 e. The number of benzene rings is 1. The molecule has 1 aromatic carbocycles. The number of carbonyl (C=O) groups excluding carboxylic acids is 2.